The standard InChI is InChI=1S/C10H9FN2/c11-9-3-2-8(6-13-9)10(7-12)4-1-5-10/h2-3,6H,1,4-5H2. The molecule has 0 aromatic carbocycles. The van der Waals surface area contributed by atoms with Gasteiger partial charge in [-0.1, -0.05) is 6.07 Å². The molecule has 0 N–H and O–H groups in total. The first kappa shape index (κ1) is 8.18. The number of aromatic nitrogens is 1. The van der Waals surface area contributed by atoms with Gasteiger partial charge in [0, 0.05) is 6.20 Å². The third kappa shape index (κ3) is 1.19. The minimum absolute atomic E-state index is 0.374. The van der Waals surface area contributed by atoms with E-state index in [1.165, 1.54) is 12.3 Å². The van der Waals surface area contributed by atoms with E-state index in [2.05, 4.69) is 11.1 Å². The molecule has 2 rings (SSSR count). The normalized spacial score (nSPS) is 18.8. The Balaban J connectivity index is 2.35. The van der Waals surface area contributed by atoms with Crippen molar-refractivity contribution in [3.8, 4) is 6.07 Å². The quantitative estimate of drug-likeness (QED) is 0.615. The molecule has 13 heavy (non-hydrogen) atoms. The molecular formula is C10H9FN2. The Hall–Kier alpha value is -1.43. The summed E-state index contributed by atoms with van der Waals surface area (Å²) in [5.74, 6) is -0.490. The third-order valence-corrected chi connectivity index (χ3v) is 2.70. The smallest absolute Gasteiger partial charge is 0.212 e. The summed E-state index contributed by atoms with van der Waals surface area (Å²) in [5, 5.41) is 8.99. The van der Waals surface area contributed by atoms with Crippen LogP contribution in [-0.2, 0) is 5.41 Å². The van der Waals surface area contributed by atoms with E-state index >= 15 is 0 Å². The first-order valence-corrected chi connectivity index (χ1v) is 4.30. The topological polar surface area (TPSA) is 36.7 Å². The van der Waals surface area contributed by atoms with Crippen LogP contribution in [0.4, 0.5) is 4.39 Å². The number of pyridine rings is 1. The van der Waals surface area contributed by atoms with E-state index in [1.807, 2.05) is 0 Å². The predicted octanol–water partition coefficient (Wildman–Crippen LogP) is 2.17. The highest BCUT2D eigenvalue weighted by atomic mass is 19.1. The van der Waals surface area contributed by atoms with Gasteiger partial charge in [0.25, 0.3) is 0 Å². The van der Waals surface area contributed by atoms with Gasteiger partial charge < -0.3 is 0 Å². The van der Waals surface area contributed by atoms with Crippen molar-refractivity contribution in [3.63, 3.8) is 0 Å². The molecule has 1 aromatic heterocycles. The van der Waals surface area contributed by atoms with Gasteiger partial charge in [-0.3, -0.25) is 0 Å². The van der Waals surface area contributed by atoms with Crippen LogP contribution >= 0.6 is 0 Å². The fraction of sp³-hybridized carbons (Fsp3) is 0.400. The lowest BCUT2D eigenvalue weighted by molar-refractivity contribution is 0.322. The van der Waals surface area contributed by atoms with Crippen molar-refractivity contribution in [2.24, 2.45) is 0 Å². The van der Waals surface area contributed by atoms with Crippen molar-refractivity contribution in [3.05, 3.63) is 29.8 Å². The minimum atomic E-state index is -0.490. The van der Waals surface area contributed by atoms with Gasteiger partial charge in [0.1, 0.15) is 0 Å². The lowest BCUT2D eigenvalue weighted by atomic mass is 9.66. The highest BCUT2D eigenvalue weighted by Crippen LogP contribution is 2.42. The maximum absolute atomic E-state index is 12.5. The van der Waals surface area contributed by atoms with E-state index in [0.29, 0.717) is 0 Å². The molecule has 2 nitrogen and oxygen atoms in total. The molecule has 1 heterocycles. The largest absolute Gasteiger partial charge is 0.228 e. The van der Waals surface area contributed by atoms with Crippen LogP contribution in [0.15, 0.2) is 18.3 Å². The fourth-order valence-corrected chi connectivity index (χ4v) is 1.65. The second-order valence-electron chi connectivity index (χ2n) is 3.42. The molecule has 0 amide bonds. The number of hydrogen-bond acceptors (Lipinski definition) is 2. The van der Waals surface area contributed by atoms with Gasteiger partial charge >= 0.3 is 0 Å². The number of nitrogens with zero attached hydrogens (tertiary/aromatic N) is 2. The van der Waals surface area contributed by atoms with Gasteiger partial charge in [-0.2, -0.15) is 9.65 Å². The van der Waals surface area contributed by atoms with Crippen molar-refractivity contribution in [1.82, 2.24) is 4.98 Å². The maximum atomic E-state index is 12.5. The van der Waals surface area contributed by atoms with Crippen molar-refractivity contribution >= 4 is 0 Å². The molecule has 66 valence electrons. The van der Waals surface area contributed by atoms with Gasteiger partial charge in [0.15, 0.2) is 0 Å². The number of hydrogen-bond donors (Lipinski definition) is 0. The monoisotopic (exact) mass is 176 g/mol. The Morgan fingerprint density at radius 2 is 2.23 bits per heavy atom. The van der Waals surface area contributed by atoms with E-state index in [9.17, 15) is 4.39 Å². The van der Waals surface area contributed by atoms with E-state index in [0.717, 1.165) is 24.8 Å². The molecule has 1 aromatic rings. The number of rotatable bonds is 1. The fourth-order valence-electron chi connectivity index (χ4n) is 1.65. The zero-order chi connectivity index (χ0) is 9.31. The molecule has 0 bridgehead atoms. The summed E-state index contributed by atoms with van der Waals surface area (Å²) in [7, 11) is 0. The summed E-state index contributed by atoms with van der Waals surface area (Å²) in [4.78, 5) is 3.56. The van der Waals surface area contributed by atoms with Gasteiger partial charge in [0.05, 0.1) is 11.5 Å². The minimum Gasteiger partial charge on any atom is -0.228 e. The van der Waals surface area contributed by atoms with Crippen LogP contribution < -0.4 is 0 Å². The van der Waals surface area contributed by atoms with Gasteiger partial charge in [-0.25, -0.2) is 4.98 Å². The average Bonchev–Trinajstić information content (AvgIpc) is 2.07. The number of nitriles is 1. The van der Waals surface area contributed by atoms with Crippen LogP contribution in [0, 0.1) is 17.3 Å². The van der Waals surface area contributed by atoms with Crippen LogP contribution in [0.25, 0.3) is 0 Å². The molecule has 0 radical (unpaired) electrons. The molecule has 0 saturated heterocycles. The Bertz CT molecular complexity index is 346. The summed E-state index contributed by atoms with van der Waals surface area (Å²) in [6, 6.07) is 5.26. The molecule has 1 fully saturated rings. The lowest BCUT2D eigenvalue weighted by Crippen LogP contribution is -2.32. The Kier molecular flexibility index (Phi) is 1.77. The van der Waals surface area contributed by atoms with Crippen LogP contribution in [0.2, 0.25) is 0 Å². The van der Waals surface area contributed by atoms with E-state index in [-0.39, 0.29) is 5.41 Å². The molecule has 0 aliphatic heterocycles. The van der Waals surface area contributed by atoms with Gasteiger partial charge in [0.2, 0.25) is 5.95 Å². The molecule has 1 aliphatic carbocycles. The Morgan fingerprint density at radius 1 is 1.46 bits per heavy atom. The van der Waals surface area contributed by atoms with Crippen molar-refractivity contribution in [2.75, 3.05) is 0 Å². The molecule has 0 spiro atoms. The van der Waals surface area contributed by atoms with E-state index in [1.54, 1.807) is 6.07 Å². The van der Waals surface area contributed by atoms with Gasteiger partial charge in [-0.15, -0.1) is 0 Å². The third-order valence-electron chi connectivity index (χ3n) is 2.70. The highest BCUT2D eigenvalue weighted by Gasteiger charge is 2.39. The second-order valence-corrected chi connectivity index (χ2v) is 3.42. The van der Waals surface area contributed by atoms with Crippen LogP contribution in [0.1, 0.15) is 24.8 Å². The van der Waals surface area contributed by atoms with E-state index in [4.69, 9.17) is 5.26 Å². The molecule has 3 heteroatoms. The summed E-state index contributed by atoms with van der Waals surface area (Å²) in [6.45, 7) is 0. The highest BCUT2D eigenvalue weighted by molar-refractivity contribution is 5.32. The second kappa shape index (κ2) is 2.81. The molecule has 0 atom stereocenters. The van der Waals surface area contributed by atoms with Crippen molar-refractivity contribution in [2.45, 2.75) is 24.7 Å². The zero-order valence-electron chi connectivity index (χ0n) is 7.13. The Morgan fingerprint density at radius 3 is 2.62 bits per heavy atom. The van der Waals surface area contributed by atoms with Crippen LogP contribution in [0.5, 0.6) is 0 Å². The number of halogens is 1. The first-order valence-electron chi connectivity index (χ1n) is 4.30. The van der Waals surface area contributed by atoms with E-state index < -0.39 is 5.95 Å². The molecule has 1 aliphatic rings. The summed E-state index contributed by atoms with van der Waals surface area (Å²) < 4.78 is 12.5. The first-order chi connectivity index (χ1) is 6.27. The maximum Gasteiger partial charge on any atom is 0.212 e. The molecule has 1 saturated carbocycles. The van der Waals surface area contributed by atoms with Crippen molar-refractivity contribution < 1.29 is 4.39 Å². The van der Waals surface area contributed by atoms with Crippen LogP contribution in [0.3, 0.4) is 0 Å². The molecular weight excluding hydrogens is 167 g/mol. The zero-order valence-corrected chi connectivity index (χ0v) is 7.13. The van der Waals surface area contributed by atoms with Crippen molar-refractivity contribution in [1.29, 1.82) is 5.26 Å². The van der Waals surface area contributed by atoms with Gasteiger partial charge in [-0.05, 0) is 30.9 Å². The SMILES string of the molecule is N#CC1(c2ccc(F)nc2)CCC1. The predicted molar refractivity (Wildman–Crippen MR) is 45.3 cm³/mol. The summed E-state index contributed by atoms with van der Waals surface area (Å²) in [6.07, 6.45) is 4.29. The lowest BCUT2D eigenvalue weighted by Gasteiger charge is -2.35. The summed E-state index contributed by atoms with van der Waals surface area (Å²) in [5.41, 5.74) is 0.475. The van der Waals surface area contributed by atoms with Crippen LogP contribution in [-0.4, -0.2) is 4.98 Å². The Labute approximate surface area is 76.0 Å². The average molecular weight is 176 g/mol. The summed E-state index contributed by atoms with van der Waals surface area (Å²) >= 11 is 0. The molecule has 0 unspecified atom stereocenters.